The van der Waals surface area contributed by atoms with E-state index in [1.807, 2.05) is 0 Å². The van der Waals surface area contributed by atoms with Crippen molar-refractivity contribution in [2.75, 3.05) is 10.6 Å². The summed E-state index contributed by atoms with van der Waals surface area (Å²) in [4.78, 5) is 21.1. The molecule has 0 spiro atoms. The van der Waals surface area contributed by atoms with E-state index in [-0.39, 0.29) is 0 Å². The number of benzene rings is 1. The van der Waals surface area contributed by atoms with Crippen molar-refractivity contribution in [3.63, 3.8) is 0 Å². The predicted octanol–water partition coefficient (Wildman–Crippen LogP) is 3.54. The molecule has 1 aromatic rings. The van der Waals surface area contributed by atoms with Crippen LogP contribution in [0, 0.1) is 6.92 Å². The summed E-state index contributed by atoms with van der Waals surface area (Å²) >= 11 is 10.3. The van der Waals surface area contributed by atoms with Crippen LogP contribution in [0.25, 0.3) is 0 Å². The molecule has 0 aliphatic carbocycles. The maximum Gasteiger partial charge on any atom is 0.318 e. The van der Waals surface area contributed by atoms with Gasteiger partial charge in [-0.1, -0.05) is 0 Å². The van der Waals surface area contributed by atoms with E-state index in [1.54, 1.807) is 25.1 Å². The number of halogens is 2. The van der Waals surface area contributed by atoms with E-state index in [0.717, 1.165) is 5.56 Å². The molecule has 6 heteroatoms. The first-order valence-corrected chi connectivity index (χ1v) is 4.78. The second-order valence-corrected chi connectivity index (χ2v) is 3.51. The van der Waals surface area contributed by atoms with Crippen LogP contribution in [-0.4, -0.2) is 10.7 Å². The molecule has 0 radical (unpaired) electrons. The van der Waals surface area contributed by atoms with E-state index in [1.165, 1.54) is 0 Å². The fraction of sp³-hybridized carbons (Fsp3) is 0.111. The number of hydrogen-bond acceptors (Lipinski definition) is 2. The number of aryl methyl sites for hydroxylation is 1. The van der Waals surface area contributed by atoms with Gasteiger partial charge in [0, 0.05) is 11.4 Å². The lowest BCUT2D eigenvalue weighted by molar-refractivity contribution is 0.268. The van der Waals surface area contributed by atoms with Crippen molar-refractivity contribution in [2.45, 2.75) is 6.92 Å². The topological polar surface area (TPSA) is 58.2 Å². The largest absolute Gasteiger partial charge is 0.318 e. The van der Waals surface area contributed by atoms with Crippen LogP contribution in [0.5, 0.6) is 0 Å². The van der Waals surface area contributed by atoms with Gasteiger partial charge in [0.05, 0.1) is 0 Å². The molecule has 80 valence electrons. The monoisotopic (exact) mass is 246 g/mol. The third-order valence-corrected chi connectivity index (χ3v) is 1.89. The van der Waals surface area contributed by atoms with E-state index in [0.29, 0.717) is 11.4 Å². The highest BCUT2D eigenvalue weighted by Crippen LogP contribution is 2.20. The molecular weight excluding hydrogens is 239 g/mol. The Kier molecular flexibility index (Phi) is 3.94. The second-order valence-electron chi connectivity index (χ2n) is 2.83. The maximum absolute atomic E-state index is 10.6. The van der Waals surface area contributed by atoms with Crippen LogP contribution in [0.15, 0.2) is 18.2 Å². The van der Waals surface area contributed by atoms with Gasteiger partial charge in [0.15, 0.2) is 0 Å². The highest BCUT2D eigenvalue weighted by molar-refractivity contribution is 6.66. The molecule has 0 heterocycles. The van der Waals surface area contributed by atoms with Crippen LogP contribution >= 0.6 is 23.2 Å². The molecule has 0 aliphatic heterocycles. The Bertz CT molecular complexity index is 407. The summed E-state index contributed by atoms with van der Waals surface area (Å²) in [6.07, 6.45) is 0. The van der Waals surface area contributed by atoms with Crippen LogP contribution < -0.4 is 10.6 Å². The van der Waals surface area contributed by atoms with Crippen molar-refractivity contribution in [3.05, 3.63) is 23.8 Å². The standard InChI is InChI=1S/C9H8Cl2N2O2/c1-5-4-6(12-8(10)14)2-3-7(5)13-9(11)15/h2-4H,1H3,(H,12,14)(H,13,15). The first-order chi connectivity index (χ1) is 6.99. The molecule has 1 rings (SSSR count). The Morgan fingerprint density at radius 3 is 2.20 bits per heavy atom. The van der Waals surface area contributed by atoms with Gasteiger partial charge in [-0.25, -0.2) is 0 Å². The van der Waals surface area contributed by atoms with Crippen LogP contribution in [0.2, 0.25) is 0 Å². The number of amides is 2. The molecule has 0 aromatic heterocycles. The van der Waals surface area contributed by atoms with Crippen molar-refractivity contribution in [1.82, 2.24) is 0 Å². The zero-order valence-corrected chi connectivity index (χ0v) is 9.32. The molecule has 0 saturated heterocycles. The number of carbonyl (C=O) groups excluding carboxylic acids is 2. The van der Waals surface area contributed by atoms with Crippen molar-refractivity contribution in [3.8, 4) is 0 Å². The maximum atomic E-state index is 10.6. The molecule has 2 amide bonds. The smallest absolute Gasteiger partial charge is 0.312 e. The molecule has 0 atom stereocenters. The number of rotatable bonds is 2. The Balaban J connectivity index is 2.87. The van der Waals surface area contributed by atoms with Crippen molar-refractivity contribution >= 4 is 45.3 Å². The minimum absolute atomic E-state index is 0.556. The molecule has 0 unspecified atom stereocenters. The van der Waals surface area contributed by atoms with Gasteiger partial charge in [-0.3, -0.25) is 9.59 Å². The summed E-state index contributed by atoms with van der Waals surface area (Å²) in [5.41, 5.74) is 1.91. The zero-order chi connectivity index (χ0) is 11.4. The van der Waals surface area contributed by atoms with Gasteiger partial charge >= 0.3 is 10.7 Å². The highest BCUT2D eigenvalue weighted by Gasteiger charge is 2.03. The van der Waals surface area contributed by atoms with E-state index in [9.17, 15) is 9.59 Å². The normalized spacial score (nSPS) is 9.53. The van der Waals surface area contributed by atoms with E-state index < -0.39 is 10.7 Å². The Labute approximate surface area is 96.6 Å². The highest BCUT2D eigenvalue weighted by atomic mass is 35.5. The summed E-state index contributed by atoms with van der Waals surface area (Å²) in [5.74, 6) is 0. The lowest BCUT2D eigenvalue weighted by Crippen LogP contribution is -2.05. The SMILES string of the molecule is Cc1cc(NC(=O)Cl)ccc1NC(=O)Cl. The van der Waals surface area contributed by atoms with Gasteiger partial charge in [0.2, 0.25) is 0 Å². The number of nitrogens with one attached hydrogen (secondary N) is 2. The third-order valence-electron chi connectivity index (χ3n) is 1.70. The fourth-order valence-electron chi connectivity index (χ4n) is 1.10. The van der Waals surface area contributed by atoms with Gasteiger partial charge in [-0.05, 0) is 53.9 Å². The van der Waals surface area contributed by atoms with Crippen molar-refractivity contribution in [2.24, 2.45) is 0 Å². The molecular formula is C9H8Cl2N2O2. The number of carbonyl (C=O) groups is 2. The lowest BCUT2D eigenvalue weighted by Gasteiger charge is -2.07. The van der Waals surface area contributed by atoms with Crippen LogP contribution in [0.3, 0.4) is 0 Å². The van der Waals surface area contributed by atoms with Gasteiger partial charge < -0.3 is 10.6 Å². The van der Waals surface area contributed by atoms with Crippen LogP contribution in [0.1, 0.15) is 5.56 Å². The Morgan fingerprint density at radius 2 is 1.73 bits per heavy atom. The minimum atomic E-state index is -0.663. The Hall–Kier alpha value is -1.26. The van der Waals surface area contributed by atoms with E-state index >= 15 is 0 Å². The second kappa shape index (κ2) is 5.00. The average molecular weight is 247 g/mol. The summed E-state index contributed by atoms with van der Waals surface area (Å²) < 4.78 is 0. The molecule has 0 bridgehead atoms. The molecule has 4 nitrogen and oxygen atoms in total. The summed E-state index contributed by atoms with van der Waals surface area (Å²) in [6, 6.07) is 4.90. The first-order valence-electron chi connectivity index (χ1n) is 4.02. The van der Waals surface area contributed by atoms with Gasteiger partial charge in [-0.2, -0.15) is 0 Å². The zero-order valence-electron chi connectivity index (χ0n) is 7.80. The van der Waals surface area contributed by atoms with E-state index in [4.69, 9.17) is 23.2 Å². The van der Waals surface area contributed by atoms with Gasteiger partial charge in [-0.15, -0.1) is 0 Å². The molecule has 0 fully saturated rings. The van der Waals surface area contributed by atoms with Gasteiger partial charge in [0.1, 0.15) is 0 Å². The quantitative estimate of drug-likeness (QED) is 0.620. The third kappa shape index (κ3) is 3.77. The number of hydrogen-bond donors (Lipinski definition) is 2. The predicted molar refractivity (Wildman–Crippen MR) is 60.9 cm³/mol. The fourth-order valence-corrected chi connectivity index (χ4v) is 1.31. The van der Waals surface area contributed by atoms with E-state index in [2.05, 4.69) is 10.6 Å². The van der Waals surface area contributed by atoms with Crippen molar-refractivity contribution < 1.29 is 9.59 Å². The summed E-state index contributed by atoms with van der Waals surface area (Å²) in [7, 11) is 0. The van der Waals surface area contributed by atoms with Crippen LogP contribution in [-0.2, 0) is 0 Å². The number of anilines is 2. The average Bonchev–Trinajstić information content (AvgIpc) is 2.08. The summed E-state index contributed by atoms with van der Waals surface area (Å²) in [6.45, 7) is 1.77. The molecule has 0 saturated carbocycles. The molecule has 2 N–H and O–H groups in total. The lowest BCUT2D eigenvalue weighted by atomic mass is 10.2. The van der Waals surface area contributed by atoms with Crippen LogP contribution in [0.4, 0.5) is 21.0 Å². The molecule has 15 heavy (non-hydrogen) atoms. The summed E-state index contributed by atoms with van der Waals surface area (Å²) in [5, 5.41) is 3.52. The van der Waals surface area contributed by atoms with Crippen molar-refractivity contribution in [1.29, 1.82) is 0 Å². The minimum Gasteiger partial charge on any atom is -0.312 e. The molecule has 0 aliphatic rings. The first kappa shape index (κ1) is 11.8. The Morgan fingerprint density at radius 1 is 1.13 bits per heavy atom. The van der Waals surface area contributed by atoms with Gasteiger partial charge in [0.25, 0.3) is 0 Å². The molecule has 1 aromatic carbocycles.